The normalized spacial score (nSPS) is 11.6. The molecule has 2 aromatic heterocycles. The second-order valence-electron chi connectivity index (χ2n) is 9.83. The van der Waals surface area contributed by atoms with E-state index in [1.807, 2.05) is 6.07 Å². The molecule has 0 saturated carbocycles. The molecule has 0 radical (unpaired) electrons. The SMILES string of the molecule is c1ccc(-c2nc3ccc(-c4ccc(-c5nc6ccccc6c6c5ccc5ccccc56)cc4)cc3s2)cc1. The van der Waals surface area contributed by atoms with E-state index in [0.717, 1.165) is 32.9 Å². The first kappa shape index (κ1) is 22.2. The first-order valence-electron chi connectivity index (χ1n) is 13.1. The van der Waals surface area contributed by atoms with Crippen molar-refractivity contribution in [2.24, 2.45) is 0 Å². The Morgan fingerprint density at radius 1 is 0.436 bits per heavy atom. The summed E-state index contributed by atoms with van der Waals surface area (Å²) in [6.45, 7) is 0. The second-order valence-corrected chi connectivity index (χ2v) is 10.9. The molecule has 0 saturated heterocycles. The van der Waals surface area contributed by atoms with E-state index in [9.17, 15) is 0 Å². The average Bonchev–Trinajstić information content (AvgIpc) is 3.45. The fourth-order valence-corrected chi connectivity index (χ4v) is 6.58. The van der Waals surface area contributed by atoms with Gasteiger partial charge in [-0.15, -0.1) is 11.3 Å². The highest BCUT2D eigenvalue weighted by Crippen LogP contribution is 2.38. The molecule has 182 valence electrons. The Morgan fingerprint density at radius 3 is 2.03 bits per heavy atom. The predicted molar refractivity (Wildman–Crippen MR) is 166 cm³/mol. The number of thiazole rings is 1. The van der Waals surface area contributed by atoms with Crippen LogP contribution in [0.25, 0.3) is 75.6 Å². The van der Waals surface area contributed by atoms with Crippen molar-refractivity contribution in [1.82, 2.24) is 9.97 Å². The fourth-order valence-electron chi connectivity index (χ4n) is 5.57. The van der Waals surface area contributed by atoms with Gasteiger partial charge in [-0.1, -0.05) is 115 Å². The fraction of sp³-hybridized carbons (Fsp3) is 0. The summed E-state index contributed by atoms with van der Waals surface area (Å²) in [4.78, 5) is 10.0. The minimum Gasteiger partial charge on any atom is -0.247 e. The van der Waals surface area contributed by atoms with Crippen LogP contribution in [0.1, 0.15) is 0 Å². The molecule has 0 fully saturated rings. The predicted octanol–water partition coefficient (Wildman–Crippen LogP) is 10.2. The molecule has 0 aliphatic rings. The molecule has 39 heavy (non-hydrogen) atoms. The molecule has 2 nitrogen and oxygen atoms in total. The van der Waals surface area contributed by atoms with E-state index in [-0.39, 0.29) is 0 Å². The van der Waals surface area contributed by atoms with E-state index in [2.05, 4.69) is 127 Å². The zero-order chi connectivity index (χ0) is 25.8. The lowest BCUT2D eigenvalue weighted by Gasteiger charge is -2.13. The lowest BCUT2D eigenvalue weighted by atomic mass is 9.94. The van der Waals surface area contributed by atoms with Crippen LogP contribution in [0.3, 0.4) is 0 Å². The van der Waals surface area contributed by atoms with E-state index in [1.54, 1.807) is 11.3 Å². The van der Waals surface area contributed by atoms with Gasteiger partial charge < -0.3 is 0 Å². The van der Waals surface area contributed by atoms with Gasteiger partial charge >= 0.3 is 0 Å². The Labute approximate surface area is 229 Å². The van der Waals surface area contributed by atoms with Crippen molar-refractivity contribution >= 4 is 54.0 Å². The molecule has 0 aliphatic carbocycles. The van der Waals surface area contributed by atoms with E-state index in [1.165, 1.54) is 42.8 Å². The summed E-state index contributed by atoms with van der Waals surface area (Å²) in [5.74, 6) is 0. The van der Waals surface area contributed by atoms with Crippen LogP contribution in [0.15, 0.2) is 133 Å². The maximum absolute atomic E-state index is 5.15. The molecular formula is C36H22N2S. The van der Waals surface area contributed by atoms with Gasteiger partial charge in [-0.05, 0) is 40.1 Å². The summed E-state index contributed by atoms with van der Waals surface area (Å²) in [6, 6.07) is 47.3. The maximum atomic E-state index is 5.15. The van der Waals surface area contributed by atoms with Crippen LogP contribution in [-0.2, 0) is 0 Å². The van der Waals surface area contributed by atoms with Crippen molar-refractivity contribution < 1.29 is 0 Å². The van der Waals surface area contributed by atoms with Gasteiger partial charge in [-0.3, -0.25) is 0 Å². The van der Waals surface area contributed by atoms with Crippen LogP contribution in [0.2, 0.25) is 0 Å². The lowest BCUT2D eigenvalue weighted by molar-refractivity contribution is 1.43. The third kappa shape index (κ3) is 3.70. The summed E-state index contributed by atoms with van der Waals surface area (Å²) in [5, 5.41) is 7.20. The van der Waals surface area contributed by atoms with Gasteiger partial charge in [0, 0.05) is 27.3 Å². The van der Waals surface area contributed by atoms with Crippen molar-refractivity contribution in [2.75, 3.05) is 0 Å². The third-order valence-electron chi connectivity index (χ3n) is 7.49. The van der Waals surface area contributed by atoms with Gasteiger partial charge in [0.05, 0.1) is 21.4 Å². The summed E-state index contributed by atoms with van der Waals surface area (Å²) in [7, 11) is 0. The van der Waals surface area contributed by atoms with Crippen LogP contribution in [0.5, 0.6) is 0 Å². The molecule has 0 amide bonds. The first-order chi connectivity index (χ1) is 19.3. The summed E-state index contributed by atoms with van der Waals surface area (Å²) in [5.41, 5.74) is 7.74. The molecular weight excluding hydrogens is 492 g/mol. The van der Waals surface area contributed by atoms with Crippen molar-refractivity contribution in [3.63, 3.8) is 0 Å². The Balaban J connectivity index is 1.24. The maximum Gasteiger partial charge on any atom is 0.124 e. The van der Waals surface area contributed by atoms with Crippen LogP contribution >= 0.6 is 11.3 Å². The molecule has 0 aliphatic heterocycles. The molecule has 0 spiro atoms. The van der Waals surface area contributed by atoms with Crippen molar-refractivity contribution in [3.8, 4) is 33.0 Å². The molecule has 8 aromatic rings. The van der Waals surface area contributed by atoms with E-state index >= 15 is 0 Å². The molecule has 0 N–H and O–H groups in total. The van der Waals surface area contributed by atoms with Crippen LogP contribution < -0.4 is 0 Å². The van der Waals surface area contributed by atoms with Gasteiger partial charge in [-0.25, -0.2) is 9.97 Å². The Kier molecular flexibility index (Phi) is 5.04. The highest BCUT2D eigenvalue weighted by molar-refractivity contribution is 7.21. The largest absolute Gasteiger partial charge is 0.247 e. The smallest absolute Gasteiger partial charge is 0.124 e. The van der Waals surface area contributed by atoms with Crippen LogP contribution in [0, 0.1) is 0 Å². The van der Waals surface area contributed by atoms with Crippen LogP contribution in [-0.4, -0.2) is 9.97 Å². The number of pyridine rings is 1. The quantitative estimate of drug-likeness (QED) is 0.219. The number of benzene rings is 6. The number of rotatable bonds is 3. The van der Waals surface area contributed by atoms with E-state index in [4.69, 9.17) is 9.97 Å². The molecule has 0 unspecified atom stereocenters. The highest BCUT2D eigenvalue weighted by Gasteiger charge is 2.13. The Hall–Kier alpha value is -4.86. The number of para-hydroxylation sites is 1. The standard InChI is InChI=1S/C36H22N2S/c1-2-9-26(10-3-1)36-38-32-21-19-27(22-33(32)39-36)23-14-16-25(17-15-23)35-30-20-18-24-8-4-5-11-28(24)34(30)29-12-6-7-13-31(29)37-35/h1-22H. The number of aromatic nitrogens is 2. The third-order valence-corrected chi connectivity index (χ3v) is 8.56. The minimum atomic E-state index is 1.02. The van der Waals surface area contributed by atoms with Gasteiger partial charge in [0.1, 0.15) is 5.01 Å². The van der Waals surface area contributed by atoms with Crippen molar-refractivity contribution in [1.29, 1.82) is 0 Å². The number of nitrogens with zero attached hydrogens (tertiary/aromatic N) is 2. The second kappa shape index (κ2) is 8.87. The van der Waals surface area contributed by atoms with E-state index < -0.39 is 0 Å². The Morgan fingerprint density at radius 2 is 1.15 bits per heavy atom. The van der Waals surface area contributed by atoms with Gasteiger partial charge in [0.2, 0.25) is 0 Å². The number of hydrogen-bond donors (Lipinski definition) is 0. The molecule has 6 aromatic carbocycles. The summed E-state index contributed by atoms with van der Waals surface area (Å²) >= 11 is 1.74. The Bertz CT molecular complexity index is 2140. The first-order valence-corrected chi connectivity index (χ1v) is 13.9. The molecule has 2 heterocycles. The number of hydrogen-bond acceptors (Lipinski definition) is 3. The van der Waals surface area contributed by atoms with Crippen molar-refractivity contribution in [3.05, 3.63) is 133 Å². The lowest BCUT2D eigenvalue weighted by Crippen LogP contribution is -1.91. The zero-order valence-electron chi connectivity index (χ0n) is 21.0. The minimum absolute atomic E-state index is 1.02. The van der Waals surface area contributed by atoms with E-state index in [0.29, 0.717) is 0 Å². The molecule has 8 rings (SSSR count). The molecule has 0 bridgehead atoms. The number of fused-ring (bicyclic) bond motifs is 6. The van der Waals surface area contributed by atoms with Crippen molar-refractivity contribution in [2.45, 2.75) is 0 Å². The van der Waals surface area contributed by atoms with Crippen LogP contribution in [0.4, 0.5) is 0 Å². The van der Waals surface area contributed by atoms with Gasteiger partial charge in [0.15, 0.2) is 0 Å². The average molecular weight is 515 g/mol. The van der Waals surface area contributed by atoms with Gasteiger partial charge in [-0.2, -0.15) is 0 Å². The molecule has 3 heteroatoms. The summed E-state index contributed by atoms with van der Waals surface area (Å²) in [6.07, 6.45) is 0. The topological polar surface area (TPSA) is 25.8 Å². The van der Waals surface area contributed by atoms with Gasteiger partial charge in [0.25, 0.3) is 0 Å². The monoisotopic (exact) mass is 514 g/mol. The summed E-state index contributed by atoms with van der Waals surface area (Å²) < 4.78 is 1.20. The molecule has 0 atom stereocenters. The highest BCUT2D eigenvalue weighted by atomic mass is 32.1. The zero-order valence-corrected chi connectivity index (χ0v) is 21.8.